The molecule has 1 rings (SSSR count). The molecule has 1 heterocycles. The van der Waals surface area contributed by atoms with Gasteiger partial charge in [0.25, 0.3) is 0 Å². The number of aliphatic hydroxyl groups excluding tert-OH is 1. The van der Waals surface area contributed by atoms with Gasteiger partial charge in [-0.2, -0.15) is 4.99 Å². The third-order valence-corrected chi connectivity index (χ3v) is 4.08. The van der Waals surface area contributed by atoms with E-state index in [1.54, 1.807) is 0 Å². The van der Waals surface area contributed by atoms with Crippen LogP contribution < -0.4 is 21.7 Å². The second-order valence-electron chi connectivity index (χ2n) is 7.68. The second kappa shape index (κ2) is 8.64. The highest BCUT2D eigenvalue weighted by atomic mass is 16.3. The highest BCUT2D eigenvalue weighted by Gasteiger charge is 2.39. The first kappa shape index (κ1) is 20.7. The summed E-state index contributed by atoms with van der Waals surface area (Å²) in [6, 6.07) is 0.295. The zero-order valence-electron chi connectivity index (χ0n) is 16.0. The molecule has 140 valence electrons. The van der Waals surface area contributed by atoms with E-state index in [-0.39, 0.29) is 17.7 Å². The molecule has 1 fully saturated rings. The Bertz CT molecular complexity index is 443. The van der Waals surface area contributed by atoms with E-state index in [9.17, 15) is 0 Å². The maximum atomic E-state index is 8.97. The Balaban J connectivity index is 2.88. The van der Waals surface area contributed by atoms with Gasteiger partial charge in [0, 0.05) is 30.7 Å². The van der Waals surface area contributed by atoms with Gasteiger partial charge in [0.15, 0.2) is 5.96 Å². The predicted molar refractivity (Wildman–Crippen MR) is 100 cm³/mol. The first-order valence-electron chi connectivity index (χ1n) is 8.50. The maximum absolute atomic E-state index is 8.97. The molecule has 8 heteroatoms. The lowest BCUT2D eigenvalue weighted by Crippen LogP contribution is -2.62. The largest absolute Gasteiger partial charge is 0.395 e. The molecule has 0 saturated carbocycles. The van der Waals surface area contributed by atoms with E-state index in [2.05, 4.69) is 53.6 Å². The molecule has 6 N–H and O–H groups in total. The zero-order valence-corrected chi connectivity index (χ0v) is 16.0. The Kier molecular flexibility index (Phi) is 7.44. The summed E-state index contributed by atoms with van der Waals surface area (Å²) < 4.78 is 0. The van der Waals surface area contributed by atoms with Crippen molar-refractivity contribution in [3.05, 3.63) is 0 Å². The Morgan fingerprint density at radius 2 is 1.88 bits per heavy atom. The van der Waals surface area contributed by atoms with E-state index >= 15 is 0 Å². The lowest BCUT2D eigenvalue weighted by molar-refractivity contribution is 0.113. The molecule has 0 spiro atoms. The van der Waals surface area contributed by atoms with Crippen molar-refractivity contribution in [2.75, 3.05) is 33.9 Å². The number of nitrogens with two attached hydrogens (primary N) is 1. The number of guanidine groups is 2. The molecule has 0 aromatic carbocycles. The topological polar surface area (TPSA) is 110 Å². The molecule has 0 unspecified atom stereocenters. The van der Waals surface area contributed by atoms with Gasteiger partial charge in [-0.15, -0.1) is 0 Å². The van der Waals surface area contributed by atoms with Gasteiger partial charge in [0.05, 0.1) is 13.3 Å². The van der Waals surface area contributed by atoms with Crippen LogP contribution in [0.1, 0.15) is 40.5 Å². The molecule has 0 aromatic rings. The number of aliphatic hydroxyl groups is 1. The Morgan fingerprint density at radius 1 is 1.29 bits per heavy atom. The first-order chi connectivity index (χ1) is 11.1. The summed E-state index contributed by atoms with van der Waals surface area (Å²) >= 11 is 0. The number of nitrogens with one attached hydrogen (secondary N) is 3. The minimum atomic E-state index is 0.0144. The number of hydrogen-bond acceptors (Lipinski definition) is 4. The normalized spacial score (nSPS) is 21.6. The van der Waals surface area contributed by atoms with E-state index in [0.717, 1.165) is 12.8 Å². The summed E-state index contributed by atoms with van der Waals surface area (Å²) in [5.41, 5.74) is 6.30. The fraction of sp³-hybridized carbons (Fsp3) is 0.875. The minimum absolute atomic E-state index is 0.0144. The van der Waals surface area contributed by atoms with Crippen molar-refractivity contribution in [1.82, 2.24) is 20.9 Å². The third-order valence-electron chi connectivity index (χ3n) is 4.08. The van der Waals surface area contributed by atoms with E-state index in [4.69, 9.17) is 10.8 Å². The third kappa shape index (κ3) is 6.62. The smallest absolute Gasteiger partial charge is 0.222 e. The van der Waals surface area contributed by atoms with Crippen LogP contribution in [0.3, 0.4) is 0 Å². The van der Waals surface area contributed by atoms with Gasteiger partial charge in [0.1, 0.15) is 0 Å². The van der Waals surface area contributed by atoms with Gasteiger partial charge in [-0.3, -0.25) is 0 Å². The molecule has 8 nitrogen and oxygen atoms in total. The summed E-state index contributed by atoms with van der Waals surface area (Å²) in [7, 11) is 3.79. The summed E-state index contributed by atoms with van der Waals surface area (Å²) in [4.78, 5) is 10.7. The lowest BCUT2D eigenvalue weighted by atomic mass is 9.79. The van der Waals surface area contributed by atoms with E-state index < -0.39 is 0 Å². The van der Waals surface area contributed by atoms with Crippen molar-refractivity contribution in [2.45, 2.75) is 57.7 Å². The van der Waals surface area contributed by atoms with Crippen molar-refractivity contribution in [1.29, 1.82) is 0 Å². The maximum Gasteiger partial charge on any atom is 0.222 e. The van der Waals surface area contributed by atoms with Crippen LogP contribution in [0, 0.1) is 0 Å². The number of aliphatic imine (C=N–C) groups is 2. The average molecular weight is 342 g/mol. The molecule has 0 aliphatic carbocycles. The van der Waals surface area contributed by atoms with E-state index in [1.807, 2.05) is 19.0 Å². The van der Waals surface area contributed by atoms with Crippen LogP contribution in [0.25, 0.3) is 0 Å². The summed E-state index contributed by atoms with van der Waals surface area (Å²) in [6.07, 6.45) is 1.96. The number of rotatable bonds is 5. The Morgan fingerprint density at radius 3 is 2.38 bits per heavy atom. The van der Waals surface area contributed by atoms with E-state index in [1.165, 1.54) is 0 Å². The van der Waals surface area contributed by atoms with Gasteiger partial charge in [-0.1, -0.05) is 0 Å². The molecule has 1 aliphatic heterocycles. The number of piperidine rings is 1. The second-order valence-corrected chi connectivity index (χ2v) is 7.68. The van der Waals surface area contributed by atoms with Crippen LogP contribution >= 0.6 is 0 Å². The quantitative estimate of drug-likeness (QED) is 0.346. The molecule has 0 atom stereocenters. The monoisotopic (exact) mass is 341 g/mol. The molecule has 24 heavy (non-hydrogen) atoms. The Labute approximate surface area is 146 Å². The lowest BCUT2D eigenvalue weighted by Gasteiger charge is -2.49. The molecule has 0 bridgehead atoms. The van der Waals surface area contributed by atoms with Crippen LogP contribution in [0.2, 0.25) is 0 Å². The summed E-state index contributed by atoms with van der Waals surface area (Å²) in [6.45, 7) is 9.68. The van der Waals surface area contributed by atoms with Gasteiger partial charge in [0.2, 0.25) is 5.96 Å². The van der Waals surface area contributed by atoms with Crippen LogP contribution in [0.4, 0.5) is 0 Å². The Hall–Kier alpha value is -1.38. The van der Waals surface area contributed by atoms with E-state index in [0.29, 0.717) is 31.2 Å². The fourth-order valence-electron chi connectivity index (χ4n) is 3.37. The van der Waals surface area contributed by atoms with Crippen LogP contribution in [-0.2, 0) is 0 Å². The molecular formula is C16H35N7O. The molecule has 0 aromatic heterocycles. The van der Waals surface area contributed by atoms with Crippen molar-refractivity contribution in [2.24, 2.45) is 15.7 Å². The minimum Gasteiger partial charge on any atom is -0.395 e. The SMILES string of the molecule is CNC/N=C(\N=C(/N)N(C)C1CC(C)(C)NC(C)(C)C1)NCCO. The van der Waals surface area contributed by atoms with Crippen LogP contribution in [0.5, 0.6) is 0 Å². The predicted octanol–water partition coefficient (Wildman–Crippen LogP) is -0.343. The fourth-order valence-corrected chi connectivity index (χ4v) is 3.37. The number of nitrogens with zero attached hydrogens (tertiary/aromatic N) is 3. The van der Waals surface area contributed by atoms with Gasteiger partial charge >= 0.3 is 0 Å². The van der Waals surface area contributed by atoms with Gasteiger partial charge in [-0.05, 0) is 47.6 Å². The molecular weight excluding hydrogens is 306 g/mol. The highest BCUT2D eigenvalue weighted by molar-refractivity contribution is 5.94. The van der Waals surface area contributed by atoms with Crippen LogP contribution in [0.15, 0.2) is 9.98 Å². The van der Waals surface area contributed by atoms with Crippen molar-refractivity contribution in [3.63, 3.8) is 0 Å². The van der Waals surface area contributed by atoms with Gasteiger partial charge < -0.3 is 31.7 Å². The molecule has 1 saturated heterocycles. The highest BCUT2D eigenvalue weighted by Crippen LogP contribution is 2.30. The average Bonchev–Trinajstić information content (AvgIpc) is 2.45. The molecule has 0 radical (unpaired) electrons. The first-order valence-corrected chi connectivity index (χ1v) is 8.50. The standard InChI is InChI=1S/C16H35N7O/c1-15(2)9-12(10-16(3,4)22-15)23(6)13(17)21-14(19-7-8-24)20-11-18-5/h12,18,22,24H,7-11H2,1-6H3,(H3,17,19,20,21). The van der Waals surface area contributed by atoms with Crippen molar-refractivity contribution < 1.29 is 5.11 Å². The van der Waals surface area contributed by atoms with Crippen molar-refractivity contribution >= 4 is 11.9 Å². The van der Waals surface area contributed by atoms with Gasteiger partial charge in [-0.25, -0.2) is 4.99 Å². The molecule has 0 amide bonds. The van der Waals surface area contributed by atoms with Crippen molar-refractivity contribution in [3.8, 4) is 0 Å². The zero-order chi connectivity index (χ0) is 18.4. The summed E-state index contributed by atoms with van der Waals surface area (Å²) in [5.74, 6) is 0.851. The number of hydrogen-bond donors (Lipinski definition) is 5. The summed E-state index contributed by atoms with van der Waals surface area (Å²) in [5, 5.41) is 18.6. The van der Waals surface area contributed by atoms with Crippen LogP contribution in [-0.4, -0.2) is 73.0 Å². The molecule has 1 aliphatic rings.